The maximum Gasteiger partial charge on any atom is -0.0199 e. The fourth-order valence-corrected chi connectivity index (χ4v) is 5.70. The van der Waals surface area contributed by atoms with Crippen molar-refractivity contribution in [3.8, 4) is 0 Å². The monoisotopic (exact) mass is 314 g/mol. The van der Waals surface area contributed by atoms with Gasteiger partial charge in [-0.15, -0.1) is 0 Å². The van der Waals surface area contributed by atoms with Crippen LogP contribution in [0.4, 0.5) is 0 Å². The van der Waals surface area contributed by atoms with Crippen molar-refractivity contribution in [3.05, 3.63) is 23.8 Å². The van der Waals surface area contributed by atoms with Crippen molar-refractivity contribution in [2.24, 2.45) is 29.6 Å². The fourth-order valence-electron chi connectivity index (χ4n) is 5.70. The van der Waals surface area contributed by atoms with Crippen LogP contribution in [0.1, 0.15) is 90.9 Å². The van der Waals surface area contributed by atoms with Gasteiger partial charge >= 0.3 is 0 Å². The average molecular weight is 315 g/mol. The molecule has 0 aromatic heterocycles. The van der Waals surface area contributed by atoms with Gasteiger partial charge in [0.15, 0.2) is 0 Å². The number of hydrogen-bond donors (Lipinski definition) is 0. The molecule has 23 heavy (non-hydrogen) atoms. The van der Waals surface area contributed by atoms with E-state index in [1.54, 1.807) is 18.4 Å². The Kier molecular flexibility index (Phi) is 6.43. The van der Waals surface area contributed by atoms with E-state index >= 15 is 0 Å². The molecule has 0 nitrogen and oxygen atoms in total. The van der Waals surface area contributed by atoms with E-state index in [4.69, 9.17) is 0 Å². The lowest BCUT2D eigenvalue weighted by Gasteiger charge is -2.39. The Morgan fingerprint density at radius 2 is 1.43 bits per heavy atom. The van der Waals surface area contributed by atoms with Crippen LogP contribution < -0.4 is 0 Å². The maximum absolute atomic E-state index is 2.56. The summed E-state index contributed by atoms with van der Waals surface area (Å²) in [4.78, 5) is 0. The zero-order valence-electron chi connectivity index (χ0n) is 15.6. The summed E-state index contributed by atoms with van der Waals surface area (Å²) in [7, 11) is 0. The van der Waals surface area contributed by atoms with Gasteiger partial charge in [0.25, 0.3) is 0 Å². The smallest absolute Gasteiger partial charge is 0.0199 e. The van der Waals surface area contributed by atoms with Crippen LogP contribution in [-0.4, -0.2) is 0 Å². The van der Waals surface area contributed by atoms with Crippen LogP contribution in [0, 0.1) is 29.6 Å². The Morgan fingerprint density at radius 1 is 0.826 bits per heavy atom. The van der Waals surface area contributed by atoms with Crippen molar-refractivity contribution in [1.82, 2.24) is 0 Å². The van der Waals surface area contributed by atoms with E-state index in [1.165, 1.54) is 64.2 Å². The molecule has 0 heteroatoms. The third kappa shape index (κ3) is 4.52. The first-order valence-electron chi connectivity index (χ1n) is 10.7. The van der Waals surface area contributed by atoms with Crippen LogP contribution in [0.2, 0.25) is 0 Å². The lowest BCUT2D eigenvalue weighted by atomic mass is 9.66. The van der Waals surface area contributed by atoms with Crippen molar-refractivity contribution in [1.29, 1.82) is 0 Å². The molecule has 3 aliphatic rings. The van der Waals surface area contributed by atoms with Crippen molar-refractivity contribution in [3.63, 3.8) is 0 Å². The van der Waals surface area contributed by atoms with Gasteiger partial charge in [0.1, 0.15) is 0 Å². The fraction of sp³-hybridized carbons (Fsp3) is 0.826. The molecule has 0 N–H and O–H groups in total. The minimum atomic E-state index is 0.890. The van der Waals surface area contributed by atoms with Crippen LogP contribution >= 0.6 is 0 Å². The van der Waals surface area contributed by atoms with Crippen molar-refractivity contribution >= 4 is 0 Å². The molecule has 3 aliphatic carbocycles. The molecule has 0 radical (unpaired) electrons. The Balaban J connectivity index is 1.44. The summed E-state index contributed by atoms with van der Waals surface area (Å²) in [5, 5.41) is 0. The molecule has 0 aromatic carbocycles. The molecule has 0 saturated heterocycles. The lowest BCUT2D eigenvalue weighted by molar-refractivity contribution is 0.130. The van der Waals surface area contributed by atoms with Gasteiger partial charge in [-0.25, -0.2) is 0 Å². The van der Waals surface area contributed by atoms with Crippen LogP contribution in [-0.2, 0) is 0 Å². The molecule has 1 atom stereocenters. The van der Waals surface area contributed by atoms with E-state index in [0.29, 0.717) is 0 Å². The second-order valence-electron chi connectivity index (χ2n) is 8.61. The van der Waals surface area contributed by atoms with E-state index in [9.17, 15) is 0 Å². The predicted octanol–water partition coefficient (Wildman–Crippen LogP) is 7.31. The molecule has 3 rings (SSSR count). The van der Waals surface area contributed by atoms with E-state index < -0.39 is 0 Å². The summed E-state index contributed by atoms with van der Waals surface area (Å²) < 4.78 is 0. The average Bonchev–Trinajstić information content (AvgIpc) is 2.63. The maximum atomic E-state index is 2.56. The van der Waals surface area contributed by atoms with Crippen LogP contribution in [0.15, 0.2) is 23.8 Å². The van der Waals surface area contributed by atoms with Gasteiger partial charge in [0, 0.05) is 0 Å². The third-order valence-electron chi connectivity index (χ3n) is 7.35. The van der Waals surface area contributed by atoms with Crippen LogP contribution in [0.3, 0.4) is 0 Å². The Hall–Kier alpha value is -0.520. The van der Waals surface area contributed by atoms with Gasteiger partial charge in [-0.2, -0.15) is 0 Å². The summed E-state index contributed by atoms with van der Waals surface area (Å²) in [5.74, 6) is 5.10. The minimum Gasteiger partial charge on any atom is -0.0816 e. The molecule has 0 aliphatic heterocycles. The first-order chi connectivity index (χ1) is 11.3. The van der Waals surface area contributed by atoms with Gasteiger partial charge in [0.05, 0.1) is 0 Å². The van der Waals surface area contributed by atoms with Gasteiger partial charge in [-0.05, 0) is 87.4 Å². The normalized spacial score (nSPS) is 40.4. The lowest BCUT2D eigenvalue weighted by Crippen LogP contribution is -2.28. The van der Waals surface area contributed by atoms with Gasteiger partial charge in [-0.1, -0.05) is 56.9 Å². The van der Waals surface area contributed by atoms with Gasteiger partial charge in [-0.3, -0.25) is 0 Å². The van der Waals surface area contributed by atoms with E-state index in [1.807, 2.05) is 0 Å². The highest BCUT2D eigenvalue weighted by molar-refractivity contribution is 5.22. The van der Waals surface area contributed by atoms with Gasteiger partial charge < -0.3 is 0 Å². The number of rotatable bonds is 4. The van der Waals surface area contributed by atoms with E-state index in [0.717, 1.165) is 29.6 Å². The van der Waals surface area contributed by atoms with Crippen molar-refractivity contribution < 1.29 is 0 Å². The molecule has 0 aromatic rings. The Morgan fingerprint density at radius 3 is 1.96 bits per heavy atom. The summed E-state index contributed by atoms with van der Waals surface area (Å²) in [6, 6.07) is 0. The third-order valence-corrected chi connectivity index (χ3v) is 7.35. The van der Waals surface area contributed by atoms with Crippen molar-refractivity contribution in [2.75, 3.05) is 0 Å². The molecule has 130 valence electrons. The first-order valence-corrected chi connectivity index (χ1v) is 10.7. The highest BCUT2D eigenvalue weighted by Gasteiger charge is 2.32. The Labute approximate surface area is 144 Å². The topological polar surface area (TPSA) is 0 Å². The SMILES string of the molecule is CC/C=C1\C=CC(C2CCC(C3CCC(CC)CC3)CC2)CC1. The summed E-state index contributed by atoms with van der Waals surface area (Å²) in [5.41, 5.74) is 1.59. The molecule has 2 saturated carbocycles. The zero-order chi connectivity index (χ0) is 16.1. The number of allylic oxidation sites excluding steroid dienone is 4. The molecule has 0 amide bonds. The highest BCUT2D eigenvalue weighted by Crippen LogP contribution is 2.44. The summed E-state index contributed by atoms with van der Waals surface area (Å²) in [6.45, 7) is 4.64. The molecule has 0 heterocycles. The predicted molar refractivity (Wildman–Crippen MR) is 101 cm³/mol. The molecule has 0 spiro atoms. The van der Waals surface area contributed by atoms with E-state index in [-0.39, 0.29) is 0 Å². The minimum absolute atomic E-state index is 0.890. The summed E-state index contributed by atoms with van der Waals surface area (Å²) >= 11 is 0. The largest absolute Gasteiger partial charge is 0.0816 e. The first kappa shape index (κ1) is 17.3. The molecule has 1 unspecified atom stereocenters. The molecular formula is C23H38. The van der Waals surface area contributed by atoms with Crippen LogP contribution in [0.5, 0.6) is 0 Å². The van der Waals surface area contributed by atoms with Gasteiger partial charge in [0.2, 0.25) is 0 Å². The standard InChI is InChI=1S/C23H38/c1-3-5-19-8-12-21(13-9-19)23-16-14-22(15-17-23)20-10-6-18(4-2)7-11-20/h5,8,12,18,20-23H,3-4,6-7,9-11,13-17H2,1-2H3/b19-5+. The molecule has 2 fully saturated rings. The summed E-state index contributed by atoms with van der Waals surface area (Å²) in [6.07, 6.45) is 25.0. The van der Waals surface area contributed by atoms with Crippen molar-refractivity contribution in [2.45, 2.75) is 90.9 Å². The quantitative estimate of drug-likeness (QED) is 0.510. The van der Waals surface area contributed by atoms with Crippen LogP contribution in [0.25, 0.3) is 0 Å². The molecular weight excluding hydrogens is 276 g/mol. The Bertz CT molecular complexity index is 400. The second kappa shape index (κ2) is 8.54. The zero-order valence-corrected chi connectivity index (χ0v) is 15.6. The second-order valence-corrected chi connectivity index (χ2v) is 8.61. The highest BCUT2D eigenvalue weighted by atomic mass is 14.4. The number of hydrogen-bond acceptors (Lipinski definition) is 0. The van der Waals surface area contributed by atoms with E-state index in [2.05, 4.69) is 32.1 Å². The molecule has 0 bridgehead atoms.